The Kier molecular flexibility index (Phi) is 30.5. The van der Waals surface area contributed by atoms with Crippen LogP contribution in [0.4, 0.5) is 84.6 Å². The molecule has 0 bridgehead atoms. The van der Waals surface area contributed by atoms with Gasteiger partial charge >= 0.3 is 30.5 Å². The fourth-order valence-corrected chi connectivity index (χ4v) is 16.7. The highest BCUT2D eigenvalue weighted by molar-refractivity contribution is 7.98. The van der Waals surface area contributed by atoms with E-state index in [9.17, 15) is 64.7 Å². The van der Waals surface area contributed by atoms with Gasteiger partial charge in [0.2, 0.25) is 11.8 Å². The van der Waals surface area contributed by atoms with Crippen LogP contribution in [0.25, 0.3) is 54.9 Å². The topological polar surface area (TPSA) is 345 Å². The molecular formula is C97H92F6N16O14S2. The molecule has 0 radical (unpaired) electrons. The summed E-state index contributed by atoms with van der Waals surface area (Å²) in [7, 11) is 0. The van der Waals surface area contributed by atoms with E-state index in [1.54, 1.807) is 132 Å². The average Bonchev–Trinajstić information content (AvgIpc) is 1.10. The molecule has 13 aromatic rings. The Labute approximate surface area is 778 Å². The predicted molar refractivity (Wildman–Crippen MR) is 497 cm³/mol. The number of hydrogen-bond acceptors (Lipinski definition) is 22. The zero-order valence-corrected chi connectivity index (χ0v) is 74.7. The summed E-state index contributed by atoms with van der Waals surface area (Å²) in [5, 5.41) is 16.1. The van der Waals surface area contributed by atoms with Gasteiger partial charge in [0.05, 0.1) is 87.3 Å². The Hall–Kier alpha value is -15.0. The van der Waals surface area contributed by atoms with Crippen LogP contribution in [0.2, 0.25) is 0 Å². The first kappa shape index (κ1) is 94.6. The molecule has 5 atom stereocenters. The number of ether oxygens (including phenoxy) is 5. The van der Waals surface area contributed by atoms with Crippen molar-refractivity contribution in [2.75, 3.05) is 101 Å². The number of nitrogens with one attached hydrogen (secondary N) is 2. The number of carbonyl (C=O) groups excluding carboxylic acids is 7. The van der Waals surface area contributed by atoms with Crippen molar-refractivity contribution in [1.29, 1.82) is 0 Å². The summed E-state index contributed by atoms with van der Waals surface area (Å²) in [6, 6.07) is 53.7. The number of nitrogens with two attached hydrogens (primary N) is 2. The molecule has 6 fully saturated rings. The van der Waals surface area contributed by atoms with Crippen molar-refractivity contribution in [3.05, 3.63) is 299 Å². The molecule has 11 heterocycles. The number of piperazine rings is 1. The number of primary amides is 1. The smallest absolute Gasteiger partial charge is 0.414 e. The van der Waals surface area contributed by atoms with E-state index in [4.69, 9.17) is 39.7 Å². The molecular weight excluding hydrogens is 1790 g/mol. The van der Waals surface area contributed by atoms with Gasteiger partial charge in [0.1, 0.15) is 77.5 Å². The van der Waals surface area contributed by atoms with Crippen LogP contribution in [0, 0.1) is 34.9 Å². The second-order valence-electron chi connectivity index (χ2n) is 31.5. The first-order valence-electron chi connectivity index (χ1n) is 43.1. The molecule has 8 aromatic carbocycles. The van der Waals surface area contributed by atoms with Crippen LogP contribution >= 0.6 is 23.1 Å². The van der Waals surface area contributed by atoms with Gasteiger partial charge in [-0.2, -0.15) is 14.9 Å². The number of hydrogen-bond donors (Lipinski definition) is 4. The van der Waals surface area contributed by atoms with Crippen molar-refractivity contribution < 1.29 is 88.1 Å². The van der Waals surface area contributed by atoms with E-state index in [0.717, 1.165) is 58.5 Å². The van der Waals surface area contributed by atoms with Gasteiger partial charge in [-0.15, -0.1) is 23.1 Å². The van der Waals surface area contributed by atoms with E-state index in [1.165, 1.54) is 109 Å². The Morgan fingerprint density at radius 1 is 0.489 bits per heavy atom. The maximum absolute atomic E-state index is 14.9. The molecule has 6 aliphatic heterocycles. The maximum Gasteiger partial charge on any atom is 0.414 e. The summed E-state index contributed by atoms with van der Waals surface area (Å²) in [6.45, 7) is 10.3. The molecule has 6 aliphatic rings. The van der Waals surface area contributed by atoms with Gasteiger partial charge in [-0.3, -0.25) is 48.2 Å². The number of aromatic nitrogens is 6. The first-order chi connectivity index (χ1) is 65.3. The second kappa shape index (κ2) is 43.6. The number of carbonyl (C=O) groups is 7. The quantitative estimate of drug-likeness (QED) is 0.0248. The lowest BCUT2D eigenvalue weighted by Gasteiger charge is -2.28. The molecule has 0 aliphatic carbocycles. The monoisotopic (exact) mass is 1880 g/mol. The zero-order chi connectivity index (χ0) is 94.9. The number of benzene rings is 8. The van der Waals surface area contributed by atoms with Crippen LogP contribution in [0.3, 0.4) is 0 Å². The minimum Gasteiger partial charge on any atom is -0.444 e. The highest BCUT2D eigenvalue weighted by Gasteiger charge is 2.39. The van der Waals surface area contributed by atoms with E-state index in [2.05, 4.69) is 30.7 Å². The van der Waals surface area contributed by atoms with Gasteiger partial charge in [-0.05, 0) is 192 Å². The van der Waals surface area contributed by atoms with Crippen molar-refractivity contribution in [1.82, 2.24) is 39.9 Å². The maximum atomic E-state index is 14.9. The third-order valence-electron chi connectivity index (χ3n) is 22.6. The van der Waals surface area contributed by atoms with E-state index >= 15 is 0 Å². The number of anilines is 6. The molecule has 5 aromatic heterocycles. The number of cyclic esters (lactones) is 5. The van der Waals surface area contributed by atoms with Crippen molar-refractivity contribution >= 4 is 99.6 Å². The fraction of sp³-hybridized carbons (Fsp3) is 0.247. The predicted octanol–water partition coefficient (Wildman–Crippen LogP) is 16.6. The number of pyridine rings is 1. The van der Waals surface area contributed by atoms with Crippen molar-refractivity contribution in [2.24, 2.45) is 11.5 Å². The largest absolute Gasteiger partial charge is 0.444 e. The highest BCUT2D eigenvalue weighted by Crippen LogP contribution is 2.38. The molecule has 0 spiro atoms. The first-order valence-corrected chi connectivity index (χ1v) is 45.2. The van der Waals surface area contributed by atoms with Gasteiger partial charge in [-0.1, -0.05) is 50.2 Å². The zero-order valence-electron chi connectivity index (χ0n) is 73.1. The van der Waals surface area contributed by atoms with E-state index in [1.807, 2.05) is 79.4 Å². The molecule has 5 unspecified atom stereocenters. The van der Waals surface area contributed by atoms with E-state index in [0.29, 0.717) is 106 Å². The lowest BCUT2D eigenvalue weighted by molar-refractivity contribution is -0.121. The minimum atomic E-state index is -0.631. The molecule has 38 heteroatoms. The number of nitrogens with zero attached hydrogens (tertiary/aromatic N) is 12. The van der Waals surface area contributed by atoms with Gasteiger partial charge in [-0.25, -0.2) is 55.3 Å². The van der Waals surface area contributed by atoms with Gasteiger partial charge in [0, 0.05) is 130 Å². The Morgan fingerprint density at radius 2 is 0.941 bits per heavy atom. The molecule has 698 valence electrons. The molecule has 7 amide bonds. The van der Waals surface area contributed by atoms with Gasteiger partial charge in [0.15, 0.2) is 0 Å². The second-order valence-corrected chi connectivity index (χ2v) is 33.4. The Morgan fingerprint density at radius 3 is 1.36 bits per heavy atom. The highest BCUT2D eigenvalue weighted by atomic mass is 32.2. The summed E-state index contributed by atoms with van der Waals surface area (Å²) < 4.78 is 123. The molecule has 30 nitrogen and oxygen atoms in total. The van der Waals surface area contributed by atoms with Crippen molar-refractivity contribution in [2.45, 2.75) is 88.3 Å². The van der Waals surface area contributed by atoms with Crippen LogP contribution in [-0.4, -0.2) is 174 Å². The summed E-state index contributed by atoms with van der Waals surface area (Å²) in [4.78, 5) is 110. The number of thioether (sulfide) groups is 1. The number of rotatable bonds is 24. The van der Waals surface area contributed by atoms with Crippen molar-refractivity contribution in [3.63, 3.8) is 0 Å². The number of amides is 7. The third kappa shape index (κ3) is 23.2. The van der Waals surface area contributed by atoms with Crippen LogP contribution in [-0.2, 0) is 54.7 Å². The SMILES string of the molecule is CCC(=O)NCC1CN(c2ccc(-c3ccc(C(N)=O)cc3)c(F)c2)C(=O)O1.CCC1CN(c2ccc(-c3cccs3)c(F)c2)C(=O)O1.CSc1ccc(-c2ccc(N3CC(Cn4occc4=O)OC3=O)cc2F)cc1.NCc1ccc(F)c(-c2ccc(N3CC(Cn4cccn4)OC3=O)cc2F)c1.O=C1OC(Cn2cccn2)CN1c1ccc(-c2ccc(N3CCNCC3)nc2)c(F)c1. The number of halogens is 6. The summed E-state index contributed by atoms with van der Waals surface area (Å²) >= 11 is 3.11. The Balaban J connectivity index is 0.000000129. The fourth-order valence-electron chi connectivity index (χ4n) is 15.5. The summed E-state index contributed by atoms with van der Waals surface area (Å²) in [5.74, 6) is -2.63. The van der Waals surface area contributed by atoms with Crippen LogP contribution in [0.15, 0.2) is 257 Å². The van der Waals surface area contributed by atoms with Crippen LogP contribution in [0.1, 0.15) is 42.6 Å². The van der Waals surface area contributed by atoms with Crippen LogP contribution in [0.5, 0.6) is 0 Å². The summed E-state index contributed by atoms with van der Waals surface area (Å²) in [5.41, 5.74) is 17.7. The lowest BCUT2D eigenvalue weighted by atomic mass is 10.0. The molecule has 6 saturated heterocycles. The molecule has 19 rings (SSSR count). The van der Waals surface area contributed by atoms with Gasteiger partial charge < -0.3 is 55.2 Å². The van der Waals surface area contributed by atoms with Crippen molar-refractivity contribution in [3.8, 4) is 54.9 Å². The number of thiophene rings is 1. The van der Waals surface area contributed by atoms with Crippen LogP contribution < -0.4 is 57.1 Å². The summed E-state index contributed by atoms with van der Waals surface area (Å²) in [6.07, 6.45) is 8.46. The van der Waals surface area contributed by atoms with E-state index in [-0.39, 0.29) is 79.9 Å². The molecule has 6 N–H and O–H groups in total. The molecule has 135 heavy (non-hydrogen) atoms. The van der Waals surface area contributed by atoms with Gasteiger partial charge in [0.25, 0.3) is 5.56 Å². The molecule has 0 saturated carbocycles. The lowest BCUT2D eigenvalue weighted by Crippen LogP contribution is -2.43. The Bertz CT molecular complexity index is 6440. The third-order valence-corrected chi connectivity index (χ3v) is 24.3. The normalized spacial score (nSPS) is 17.2. The average molecular weight is 1880 g/mol. The minimum absolute atomic E-state index is 0.108. The van der Waals surface area contributed by atoms with E-state index < -0.39 is 83.8 Å². The standard InChI is InChI=1S/C22H23FN6O2.C20H18F2N4O2.C20H20FN3O4.C20H17FN2O4S.C15H14FNO2S/c23-20-12-17(29-15-18(31-22(29)30)14-28-9-1-6-26-28)3-4-19(20)16-2-5-21(25-13-16)27-10-7-24-8-11-27;21-18-5-2-13(10-23)8-17(18)16-4-3-14(9-19(16)22)26-12-15(28-20(26)27)11-25-7-1-6-24-25;1-2-18(25)23-10-15-11-24(20(27)28-15)14-7-8-16(17(21)9-14)12-3-5-13(6-4-12)19(22)26;1-28-16-5-2-13(3-6-16)17-7-4-14(10-18(17)21)22-11-15(27-20(22)25)12-23-19(24)8-9-26-23;1-2-11-9-17(15(18)19-11)10-5-6-12(13(16)8-10)14-4-3-7-20-14/h1-6,9,12-13,18,24H,7-8,10-11,14-15H2;1-9,15H,10-12,23H2;3-9,15H,2,10-11H2,1H3,(H2,22,26)(H,23,25);2-10,15H,11-12H2,1H3;3-8,11H,2,9H2,1H3.